The molecule has 0 unspecified atom stereocenters. The Morgan fingerprint density at radius 3 is 2.60 bits per heavy atom. The van der Waals surface area contributed by atoms with Gasteiger partial charge in [-0.1, -0.05) is 12.1 Å². The second kappa shape index (κ2) is 8.04. The molecule has 6 heteroatoms. The van der Waals surface area contributed by atoms with Gasteiger partial charge >= 0.3 is 0 Å². The molecule has 0 aliphatic carbocycles. The fourth-order valence-electron chi connectivity index (χ4n) is 6.22. The topological polar surface area (TPSA) is 51.2 Å². The Hall–Kier alpha value is -1.79. The average molecular weight is 415 g/mol. The Balaban J connectivity index is 1.33. The zero-order valence-corrected chi connectivity index (χ0v) is 18.3. The summed E-state index contributed by atoms with van der Waals surface area (Å²) in [6.45, 7) is 6.40. The number of ether oxygens (including phenoxy) is 3. The van der Waals surface area contributed by atoms with E-state index in [1.54, 1.807) is 14.0 Å². The summed E-state index contributed by atoms with van der Waals surface area (Å²) in [7, 11) is 1.72. The first-order valence-electron chi connectivity index (χ1n) is 11.6. The Kier molecular flexibility index (Phi) is 5.40. The Morgan fingerprint density at radius 2 is 1.90 bits per heavy atom. The highest BCUT2D eigenvalue weighted by atomic mass is 16.5. The molecule has 3 saturated heterocycles. The van der Waals surface area contributed by atoms with Crippen molar-refractivity contribution < 1.29 is 19.0 Å². The van der Waals surface area contributed by atoms with Crippen LogP contribution in [-0.2, 0) is 9.53 Å². The smallest absolute Gasteiger partial charge is 0.219 e. The first-order chi connectivity index (χ1) is 14.6. The lowest BCUT2D eigenvalue weighted by atomic mass is 9.69. The third kappa shape index (κ3) is 3.38. The van der Waals surface area contributed by atoms with E-state index in [4.69, 9.17) is 14.2 Å². The molecule has 1 aromatic carbocycles. The van der Waals surface area contributed by atoms with Crippen molar-refractivity contribution in [3.63, 3.8) is 0 Å². The Morgan fingerprint density at radius 1 is 1.13 bits per heavy atom. The highest BCUT2D eigenvalue weighted by Gasteiger charge is 2.53. The Labute approximate surface area is 179 Å². The van der Waals surface area contributed by atoms with Gasteiger partial charge in [-0.25, -0.2) is 0 Å². The van der Waals surface area contributed by atoms with E-state index in [1.165, 1.54) is 0 Å². The maximum Gasteiger partial charge on any atom is 0.219 e. The molecule has 4 aliphatic heterocycles. The van der Waals surface area contributed by atoms with E-state index < -0.39 is 0 Å². The van der Waals surface area contributed by atoms with Gasteiger partial charge in [0, 0.05) is 70.1 Å². The minimum atomic E-state index is -0.163. The van der Waals surface area contributed by atoms with Crippen molar-refractivity contribution in [2.24, 2.45) is 5.92 Å². The number of para-hydroxylation sites is 1. The second-order valence-corrected chi connectivity index (χ2v) is 9.36. The lowest BCUT2D eigenvalue weighted by molar-refractivity contribution is -0.153. The highest BCUT2D eigenvalue weighted by Crippen LogP contribution is 2.55. The number of amides is 1. The maximum absolute atomic E-state index is 11.6. The van der Waals surface area contributed by atoms with E-state index in [-0.39, 0.29) is 17.6 Å². The van der Waals surface area contributed by atoms with Crippen LogP contribution in [0.25, 0.3) is 0 Å². The van der Waals surface area contributed by atoms with Crippen LogP contribution < -0.4 is 9.47 Å². The lowest BCUT2D eigenvalue weighted by Crippen LogP contribution is -2.59. The summed E-state index contributed by atoms with van der Waals surface area (Å²) in [5, 5.41) is 0. The summed E-state index contributed by atoms with van der Waals surface area (Å²) in [5.74, 6) is 2.33. The molecule has 4 aliphatic rings. The van der Waals surface area contributed by atoms with Crippen LogP contribution in [0.1, 0.15) is 57.1 Å². The average Bonchev–Trinajstić information content (AvgIpc) is 2.80. The van der Waals surface area contributed by atoms with Crippen LogP contribution in [0, 0.1) is 5.92 Å². The van der Waals surface area contributed by atoms with Crippen LogP contribution in [0.5, 0.6) is 11.5 Å². The van der Waals surface area contributed by atoms with Crippen LogP contribution in [0.3, 0.4) is 0 Å². The van der Waals surface area contributed by atoms with Gasteiger partial charge in [-0.2, -0.15) is 0 Å². The van der Waals surface area contributed by atoms with Gasteiger partial charge in [-0.3, -0.25) is 9.69 Å². The van der Waals surface area contributed by atoms with Crippen molar-refractivity contribution in [1.82, 2.24) is 9.80 Å². The first kappa shape index (κ1) is 20.1. The first-order valence-corrected chi connectivity index (χ1v) is 11.6. The fourth-order valence-corrected chi connectivity index (χ4v) is 6.22. The molecule has 0 saturated carbocycles. The third-order valence-corrected chi connectivity index (χ3v) is 7.91. The molecule has 3 fully saturated rings. The predicted octanol–water partition coefficient (Wildman–Crippen LogP) is 3.40. The number of likely N-dealkylation sites (tertiary alicyclic amines) is 2. The molecule has 1 amide bonds. The number of carbonyl (C=O) groups is 1. The van der Waals surface area contributed by atoms with E-state index in [0.717, 1.165) is 88.4 Å². The van der Waals surface area contributed by atoms with Gasteiger partial charge in [0.2, 0.25) is 5.91 Å². The highest BCUT2D eigenvalue weighted by molar-refractivity contribution is 5.73. The molecule has 0 N–H and O–H groups in total. The molecule has 4 heterocycles. The molecule has 1 aromatic rings. The summed E-state index contributed by atoms with van der Waals surface area (Å²) in [6, 6.07) is 6.77. The molecule has 5 rings (SSSR count). The third-order valence-electron chi connectivity index (χ3n) is 7.91. The number of hydrogen-bond donors (Lipinski definition) is 0. The van der Waals surface area contributed by atoms with Gasteiger partial charge in [-0.15, -0.1) is 0 Å². The molecule has 2 atom stereocenters. The van der Waals surface area contributed by atoms with Crippen molar-refractivity contribution in [2.75, 3.05) is 39.9 Å². The second-order valence-electron chi connectivity index (χ2n) is 9.36. The van der Waals surface area contributed by atoms with Crippen LogP contribution >= 0.6 is 0 Å². The van der Waals surface area contributed by atoms with Gasteiger partial charge in [0.25, 0.3) is 0 Å². The molecule has 0 aromatic heterocycles. The fraction of sp³-hybridized carbons (Fsp3) is 0.708. The lowest BCUT2D eigenvalue weighted by Gasteiger charge is -2.54. The van der Waals surface area contributed by atoms with Gasteiger partial charge in [-0.05, 0) is 31.7 Å². The van der Waals surface area contributed by atoms with Gasteiger partial charge in [0.05, 0.1) is 13.2 Å². The molecular weight excluding hydrogens is 380 g/mol. The standard InChI is InChI=1S/C24H34N2O4/c1-17(27)25-12-8-18(9-13-25)26-14-10-24(11-15-26)20-6-4-16-29-22(20)19-5-3-7-21(28-2)23(19)30-24/h3,5,7,18,20,22H,4,6,8-16H2,1-2H3/t20-,22+/m0/s1. The number of hydrogen-bond acceptors (Lipinski definition) is 5. The minimum Gasteiger partial charge on any atom is -0.493 e. The number of methoxy groups -OCH3 is 1. The van der Waals surface area contributed by atoms with Crippen LogP contribution in [0.2, 0.25) is 0 Å². The van der Waals surface area contributed by atoms with Crippen LogP contribution in [0.4, 0.5) is 0 Å². The number of benzene rings is 1. The Bertz CT molecular complexity index is 781. The minimum absolute atomic E-state index is 0.114. The monoisotopic (exact) mass is 414 g/mol. The molecular formula is C24H34N2O4. The van der Waals surface area contributed by atoms with Crippen molar-refractivity contribution >= 4 is 5.91 Å². The van der Waals surface area contributed by atoms with Crippen LogP contribution in [0.15, 0.2) is 18.2 Å². The summed E-state index contributed by atoms with van der Waals surface area (Å²) in [5.41, 5.74) is 0.993. The number of piperidine rings is 2. The number of nitrogens with zero attached hydrogens (tertiary/aromatic N) is 2. The number of carbonyl (C=O) groups excluding carboxylic acids is 1. The number of rotatable bonds is 2. The largest absolute Gasteiger partial charge is 0.493 e. The molecule has 0 bridgehead atoms. The summed E-state index contributed by atoms with van der Waals surface area (Å²) in [4.78, 5) is 16.3. The summed E-state index contributed by atoms with van der Waals surface area (Å²) < 4.78 is 18.8. The predicted molar refractivity (Wildman–Crippen MR) is 114 cm³/mol. The van der Waals surface area contributed by atoms with Crippen LogP contribution in [-0.4, -0.2) is 67.2 Å². The van der Waals surface area contributed by atoms with Gasteiger partial charge in [0.1, 0.15) is 5.60 Å². The molecule has 6 nitrogen and oxygen atoms in total. The van der Waals surface area contributed by atoms with E-state index in [1.807, 2.05) is 17.0 Å². The quantitative estimate of drug-likeness (QED) is 0.742. The molecule has 1 spiro atoms. The zero-order chi connectivity index (χ0) is 20.7. The molecule has 164 valence electrons. The van der Waals surface area contributed by atoms with Crippen molar-refractivity contribution in [2.45, 2.75) is 63.2 Å². The number of fused-ring (bicyclic) bond motifs is 4. The van der Waals surface area contributed by atoms with E-state index in [9.17, 15) is 4.79 Å². The van der Waals surface area contributed by atoms with E-state index >= 15 is 0 Å². The molecule has 0 radical (unpaired) electrons. The SMILES string of the molecule is COc1cccc2c1OC1(CCN(C3CCN(C(C)=O)CC3)CC1)[C@H]1CCCO[C@H]21. The van der Waals surface area contributed by atoms with Crippen molar-refractivity contribution in [3.8, 4) is 11.5 Å². The van der Waals surface area contributed by atoms with E-state index in [2.05, 4.69) is 11.0 Å². The zero-order valence-electron chi connectivity index (χ0n) is 18.3. The van der Waals surface area contributed by atoms with Gasteiger partial charge in [0.15, 0.2) is 11.5 Å². The summed E-state index contributed by atoms with van der Waals surface area (Å²) in [6.07, 6.45) is 6.61. The maximum atomic E-state index is 11.6. The summed E-state index contributed by atoms with van der Waals surface area (Å²) >= 11 is 0. The van der Waals surface area contributed by atoms with Gasteiger partial charge < -0.3 is 19.1 Å². The normalized spacial score (nSPS) is 29.1. The van der Waals surface area contributed by atoms with E-state index in [0.29, 0.717) is 12.0 Å². The van der Waals surface area contributed by atoms with Crippen molar-refractivity contribution in [1.29, 1.82) is 0 Å². The molecule has 30 heavy (non-hydrogen) atoms. The van der Waals surface area contributed by atoms with Crippen molar-refractivity contribution in [3.05, 3.63) is 23.8 Å².